The van der Waals surface area contributed by atoms with Gasteiger partial charge in [0.1, 0.15) is 18.2 Å². The van der Waals surface area contributed by atoms with E-state index >= 15 is 4.39 Å². The summed E-state index contributed by atoms with van der Waals surface area (Å²) in [5, 5.41) is 4.12. The largest absolute Gasteiger partial charge is 0.412 e. The molecule has 0 radical (unpaired) electrons. The summed E-state index contributed by atoms with van der Waals surface area (Å²) in [6, 6.07) is 5.34. The second-order valence-electron chi connectivity index (χ2n) is 10.1. The predicted octanol–water partition coefficient (Wildman–Crippen LogP) is 5.37. The Morgan fingerprint density at radius 3 is 2.50 bits per heavy atom. The first kappa shape index (κ1) is 26.0. The highest BCUT2D eigenvalue weighted by atomic mass is 28.4. The van der Waals surface area contributed by atoms with E-state index in [-0.39, 0.29) is 23.2 Å². The van der Waals surface area contributed by atoms with Gasteiger partial charge in [0.05, 0.1) is 25.4 Å². The number of hydrogen-bond acceptors (Lipinski definition) is 7. The van der Waals surface area contributed by atoms with Crippen molar-refractivity contribution < 1.29 is 18.4 Å². The number of aromatic nitrogens is 2. The summed E-state index contributed by atoms with van der Waals surface area (Å²) in [5.41, 5.74) is 2.49. The van der Waals surface area contributed by atoms with Crippen LogP contribution in [-0.2, 0) is 20.7 Å². The van der Waals surface area contributed by atoms with Crippen molar-refractivity contribution in [2.75, 3.05) is 24.6 Å². The van der Waals surface area contributed by atoms with Gasteiger partial charge in [0.2, 0.25) is 5.95 Å². The van der Waals surface area contributed by atoms with E-state index in [1.54, 1.807) is 24.5 Å². The maximum absolute atomic E-state index is 15.3. The molecule has 0 N–H and O–H groups in total. The fraction of sp³-hybridized carbons (Fsp3) is 0.520. The van der Waals surface area contributed by atoms with Crippen LogP contribution >= 0.6 is 0 Å². The summed E-state index contributed by atoms with van der Waals surface area (Å²) in [4.78, 5) is 27.3. The molecular weight excluding hydrogens is 451 g/mol. The number of rotatable bonds is 10. The lowest BCUT2D eigenvalue weighted by Crippen LogP contribution is -2.48. The molecule has 1 fully saturated rings. The Labute approximate surface area is 202 Å². The molecule has 2 aromatic rings. The second kappa shape index (κ2) is 10.7. The Morgan fingerprint density at radius 1 is 1.21 bits per heavy atom. The fourth-order valence-electron chi connectivity index (χ4n) is 3.08. The number of ketones is 1. The zero-order chi connectivity index (χ0) is 24.9. The van der Waals surface area contributed by atoms with Gasteiger partial charge in [-0.3, -0.25) is 4.79 Å². The van der Waals surface area contributed by atoms with Crippen molar-refractivity contribution in [3.63, 3.8) is 0 Å². The Hall–Kier alpha value is -2.65. The first-order chi connectivity index (χ1) is 16.0. The van der Waals surface area contributed by atoms with E-state index in [1.165, 1.54) is 0 Å². The van der Waals surface area contributed by atoms with E-state index in [1.807, 2.05) is 17.9 Å². The molecule has 0 bridgehead atoms. The molecular formula is C25H35FN4O3Si. The number of nitrogens with zero attached hydrogens (tertiary/aromatic N) is 4. The van der Waals surface area contributed by atoms with Gasteiger partial charge in [-0.25, -0.2) is 14.4 Å². The van der Waals surface area contributed by atoms with Crippen LogP contribution in [0.4, 0.5) is 10.3 Å². The van der Waals surface area contributed by atoms with Crippen molar-refractivity contribution in [2.24, 2.45) is 5.16 Å². The molecule has 9 heteroatoms. The molecule has 1 aliphatic heterocycles. The van der Waals surface area contributed by atoms with Gasteiger partial charge in [-0.1, -0.05) is 51.0 Å². The number of hydrogen-bond donors (Lipinski definition) is 0. The highest BCUT2D eigenvalue weighted by molar-refractivity contribution is 6.74. The van der Waals surface area contributed by atoms with E-state index in [9.17, 15) is 4.79 Å². The molecule has 0 amide bonds. The van der Waals surface area contributed by atoms with Gasteiger partial charge < -0.3 is 14.2 Å². The maximum atomic E-state index is 15.3. The number of carbonyl (C=O) groups excluding carboxylic acids is 1. The zero-order valence-electron chi connectivity index (χ0n) is 21.0. The number of benzene rings is 1. The van der Waals surface area contributed by atoms with Crippen molar-refractivity contribution in [3.05, 3.63) is 42.0 Å². The lowest BCUT2D eigenvalue weighted by molar-refractivity contribution is -0.119. The van der Waals surface area contributed by atoms with Crippen molar-refractivity contribution in [1.29, 1.82) is 0 Å². The number of Topliss-reactive ketones (excluding diaryl/α,β-unsaturated/α-hetero) is 1. The fourth-order valence-corrected chi connectivity index (χ4v) is 4.03. The second-order valence-corrected chi connectivity index (χ2v) is 14.9. The molecule has 0 unspecified atom stereocenters. The summed E-state index contributed by atoms with van der Waals surface area (Å²) in [6.45, 7) is 14.3. The van der Waals surface area contributed by atoms with Crippen LogP contribution in [0, 0.1) is 5.82 Å². The summed E-state index contributed by atoms with van der Waals surface area (Å²) in [6.07, 6.45) is 4.17. The summed E-state index contributed by atoms with van der Waals surface area (Å²) >= 11 is 0. The lowest BCUT2D eigenvalue weighted by atomic mass is 10.1. The van der Waals surface area contributed by atoms with Crippen LogP contribution < -0.4 is 4.90 Å². The van der Waals surface area contributed by atoms with Gasteiger partial charge >= 0.3 is 0 Å². The Morgan fingerprint density at radius 2 is 1.88 bits per heavy atom. The summed E-state index contributed by atoms with van der Waals surface area (Å²) < 4.78 is 21.5. The maximum Gasteiger partial charge on any atom is 0.225 e. The van der Waals surface area contributed by atoms with Crippen LogP contribution in [0.25, 0.3) is 11.1 Å². The van der Waals surface area contributed by atoms with Gasteiger partial charge in [0, 0.05) is 41.9 Å². The summed E-state index contributed by atoms with van der Waals surface area (Å²) in [5.74, 6) is 0.422. The van der Waals surface area contributed by atoms with E-state index < -0.39 is 8.32 Å². The van der Waals surface area contributed by atoms with Crippen LogP contribution in [0.5, 0.6) is 0 Å². The van der Waals surface area contributed by atoms with Gasteiger partial charge in [-0.2, -0.15) is 0 Å². The molecule has 7 nitrogen and oxygen atoms in total. The van der Waals surface area contributed by atoms with Crippen LogP contribution in [0.15, 0.2) is 35.7 Å². The van der Waals surface area contributed by atoms with E-state index in [0.29, 0.717) is 55.2 Å². The predicted molar refractivity (Wildman–Crippen MR) is 135 cm³/mol. The molecule has 2 heterocycles. The third-order valence-corrected chi connectivity index (χ3v) is 11.0. The van der Waals surface area contributed by atoms with Crippen LogP contribution in [0.2, 0.25) is 18.1 Å². The van der Waals surface area contributed by atoms with Gasteiger partial charge in [-0.05, 0) is 18.1 Å². The molecule has 3 rings (SSSR count). The van der Waals surface area contributed by atoms with Crippen molar-refractivity contribution in [2.45, 2.75) is 65.3 Å². The average molecular weight is 487 g/mol. The average Bonchev–Trinajstić information content (AvgIpc) is 2.76. The zero-order valence-corrected chi connectivity index (χ0v) is 22.0. The van der Waals surface area contributed by atoms with Gasteiger partial charge in [-0.15, -0.1) is 0 Å². The first-order valence-electron chi connectivity index (χ1n) is 11.7. The molecule has 1 aromatic heterocycles. The minimum Gasteiger partial charge on any atom is -0.412 e. The van der Waals surface area contributed by atoms with Crippen LogP contribution in [0.1, 0.15) is 46.1 Å². The Balaban J connectivity index is 1.59. The van der Waals surface area contributed by atoms with Gasteiger partial charge in [0.25, 0.3) is 0 Å². The Bertz CT molecular complexity index is 1030. The number of anilines is 1. The van der Waals surface area contributed by atoms with Crippen molar-refractivity contribution in [3.8, 4) is 11.1 Å². The minimum atomic E-state index is -1.98. The first-order valence-corrected chi connectivity index (χ1v) is 14.6. The molecule has 0 aliphatic carbocycles. The summed E-state index contributed by atoms with van der Waals surface area (Å²) in [7, 11) is -1.98. The smallest absolute Gasteiger partial charge is 0.225 e. The van der Waals surface area contributed by atoms with Crippen molar-refractivity contribution >= 4 is 25.8 Å². The molecule has 1 aromatic carbocycles. The molecule has 1 saturated heterocycles. The standard InChI is InChI=1S/C25H35FN4O3Si/c1-7-21(31)11-12-32-29-20-15-30(16-20)24-27-13-19(14-28-24)22-10-8-9-18(23(22)26)17-33-34(5,6)25(2,3)4/h8-10,13-14H,7,11-12,15-17H2,1-6H3. The number of oxime groups is 1. The highest BCUT2D eigenvalue weighted by Gasteiger charge is 2.37. The van der Waals surface area contributed by atoms with E-state index in [2.05, 4.69) is 49.0 Å². The lowest BCUT2D eigenvalue weighted by Gasteiger charge is -2.36. The third kappa shape index (κ3) is 6.27. The van der Waals surface area contributed by atoms with Gasteiger partial charge in [0.15, 0.2) is 8.32 Å². The molecule has 0 atom stereocenters. The normalized spacial score (nSPS) is 14.1. The minimum absolute atomic E-state index is 0.0619. The van der Waals surface area contributed by atoms with Crippen LogP contribution in [-0.4, -0.2) is 49.5 Å². The Kier molecular flexibility index (Phi) is 8.20. The number of halogens is 1. The number of carbonyl (C=O) groups is 1. The third-order valence-electron chi connectivity index (χ3n) is 6.51. The molecule has 34 heavy (non-hydrogen) atoms. The topological polar surface area (TPSA) is 76.9 Å². The molecule has 0 spiro atoms. The molecule has 1 aliphatic rings. The SMILES string of the molecule is CCC(=O)CCON=C1CN(c2ncc(-c3cccc(CO[Si](C)(C)C(C)(C)C)c3F)cn2)C1. The van der Waals surface area contributed by atoms with E-state index in [0.717, 1.165) is 5.71 Å². The van der Waals surface area contributed by atoms with Crippen LogP contribution in [0.3, 0.4) is 0 Å². The molecule has 184 valence electrons. The highest BCUT2D eigenvalue weighted by Crippen LogP contribution is 2.37. The molecule has 0 saturated carbocycles. The quantitative estimate of drug-likeness (QED) is 0.255. The van der Waals surface area contributed by atoms with Crippen molar-refractivity contribution in [1.82, 2.24) is 9.97 Å². The monoisotopic (exact) mass is 486 g/mol. The van der Waals surface area contributed by atoms with E-state index in [4.69, 9.17) is 9.26 Å².